The minimum Gasteiger partial charge on any atom is -0.494 e. The molecule has 0 amide bonds. The molecular formula is C9H5ClFIO2. The molecule has 0 radical (unpaired) electrons. The van der Waals surface area contributed by atoms with Gasteiger partial charge in [0, 0.05) is 5.39 Å². The largest absolute Gasteiger partial charge is 0.494 e. The van der Waals surface area contributed by atoms with E-state index in [1.54, 1.807) is 12.1 Å². The van der Waals surface area contributed by atoms with Gasteiger partial charge in [-0.25, -0.2) is 4.39 Å². The number of benzene rings is 1. The summed E-state index contributed by atoms with van der Waals surface area (Å²) >= 11 is 7.77. The van der Waals surface area contributed by atoms with Gasteiger partial charge in [0.25, 0.3) is 0 Å². The van der Waals surface area contributed by atoms with Gasteiger partial charge in [0.15, 0.2) is 20.9 Å². The molecule has 0 atom stereocenters. The average molecular weight is 326 g/mol. The van der Waals surface area contributed by atoms with Gasteiger partial charge in [0.2, 0.25) is 0 Å². The van der Waals surface area contributed by atoms with Gasteiger partial charge in [-0.05, 0) is 34.7 Å². The van der Waals surface area contributed by atoms with E-state index in [1.165, 1.54) is 7.11 Å². The first-order valence-electron chi connectivity index (χ1n) is 3.74. The number of furan rings is 1. The molecule has 1 aromatic heterocycles. The monoisotopic (exact) mass is 326 g/mol. The zero-order valence-corrected chi connectivity index (χ0v) is 10.0. The molecule has 74 valence electrons. The fraction of sp³-hybridized carbons (Fsp3) is 0.111. The van der Waals surface area contributed by atoms with Crippen molar-refractivity contribution in [3.05, 3.63) is 26.7 Å². The van der Waals surface area contributed by atoms with Crippen molar-refractivity contribution in [2.24, 2.45) is 0 Å². The van der Waals surface area contributed by atoms with E-state index in [1.807, 2.05) is 22.6 Å². The summed E-state index contributed by atoms with van der Waals surface area (Å²) in [5, 5.41) is 0.694. The minimum atomic E-state index is -0.590. The Morgan fingerprint density at radius 3 is 2.86 bits per heavy atom. The first-order valence-corrected chi connectivity index (χ1v) is 5.20. The third-order valence-electron chi connectivity index (χ3n) is 1.85. The van der Waals surface area contributed by atoms with Crippen molar-refractivity contribution in [1.82, 2.24) is 0 Å². The molecule has 0 aliphatic rings. The molecule has 2 nitrogen and oxygen atoms in total. The van der Waals surface area contributed by atoms with Crippen LogP contribution in [0.1, 0.15) is 0 Å². The Morgan fingerprint density at radius 1 is 1.50 bits per heavy atom. The molecular weight excluding hydrogens is 321 g/mol. The fourth-order valence-electron chi connectivity index (χ4n) is 1.21. The zero-order valence-electron chi connectivity index (χ0n) is 7.11. The van der Waals surface area contributed by atoms with E-state index >= 15 is 0 Å². The number of halogens is 3. The van der Waals surface area contributed by atoms with Crippen molar-refractivity contribution in [2.45, 2.75) is 0 Å². The van der Waals surface area contributed by atoms with Crippen LogP contribution in [0, 0.1) is 9.58 Å². The number of hydrogen-bond acceptors (Lipinski definition) is 2. The Labute approximate surface area is 98.1 Å². The lowest BCUT2D eigenvalue weighted by molar-refractivity contribution is 0.387. The number of rotatable bonds is 1. The Kier molecular flexibility index (Phi) is 2.57. The van der Waals surface area contributed by atoms with E-state index in [0.717, 1.165) is 5.39 Å². The lowest BCUT2D eigenvalue weighted by Crippen LogP contribution is -1.88. The van der Waals surface area contributed by atoms with Gasteiger partial charge >= 0.3 is 0 Å². The second-order valence-corrected chi connectivity index (χ2v) is 4.12. The molecule has 1 aromatic carbocycles. The lowest BCUT2D eigenvalue weighted by atomic mass is 10.2. The number of hydrogen-bond donors (Lipinski definition) is 0. The van der Waals surface area contributed by atoms with Gasteiger partial charge < -0.3 is 9.15 Å². The molecule has 0 fully saturated rings. The molecule has 2 aromatic rings. The first kappa shape index (κ1) is 10.0. The van der Waals surface area contributed by atoms with Gasteiger partial charge in [-0.2, -0.15) is 0 Å². The van der Waals surface area contributed by atoms with Crippen LogP contribution in [0.5, 0.6) is 5.75 Å². The highest BCUT2D eigenvalue weighted by Crippen LogP contribution is 2.35. The molecule has 0 aliphatic heterocycles. The maximum atomic E-state index is 13.4. The predicted octanol–water partition coefficient (Wildman–Crippen LogP) is 3.84. The van der Waals surface area contributed by atoms with Gasteiger partial charge in [-0.3, -0.25) is 0 Å². The predicted molar refractivity (Wildman–Crippen MR) is 60.5 cm³/mol. The van der Waals surface area contributed by atoms with Crippen molar-refractivity contribution >= 4 is 45.2 Å². The lowest BCUT2D eigenvalue weighted by Gasteiger charge is -2.02. The summed E-state index contributed by atoms with van der Waals surface area (Å²) in [5.41, 5.74) is 0.356. The SMILES string of the molecule is COc1cc2cc(I)oc2c(Cl)c1F. The third-order valence-corrected chi connectivity index (χ3v) is 2.71. The summed E-state index contributed by atoms with van der Waals surface area (Å²) in [6, 6.07) is 3.33. The highest BCUT2D eigenvalue weighted by Gasteiger charge is 2.15. The molecule has 0 saturated carbocycles. The van der Waals surface area contributed by atoms with Gasteiger partial charge in [-0.1, -0.05) is 11.6 Å². The number of methoxy groups -OCH3 is 1. The Morgan fingerprint density at radius 2 is 2.21 bits per heavy atom. The zero-order chi connectivity index (χ0) is 10.3. The van der Waals surface area contributed by atoms with Gasteiger partial charge in [0.05, 0.1) is 7.11 Å². The minimum absolute atomic E-state index is 0.0396. The molecule has 5 heteroatoms. The van der Waals surface area contributed by atoms with Crippen molar-refractivity contribution in [3.63, 3.8) is 0 Å². The molecule has 0 aliphatic carbocycles. The Balaban J connectivity index is 2.84. The van der Waals surface area contributed by atoms with E-state index in [2.05, 4.69) is 0 Å². The van der Waals surface area contributed by atoms with E-state index in [0.29, 0.717) is 9.35 Å². The second-order valence-electron chi connectivity index (χ2n) is 2.68. The summed E-state index contributed by atoms with van der Waals surface area (Å²) < 4.78 is 24.2. The standard InChI is InChI=1S/C9H5ClFIO2/c1-13-5-2-4-3-6(12)14-9(4)7(10)8(5)11/h2-3H,1H3. The highest BCUT2D eigenvalue weighted by atomic mass is 127. The van der Waals surface area contributed by atoms with E-state index in [9.17, 15) is 4.39 Å². The van der Waals surface area contributed by atoms with E-state index < -0.39 is 5.82 Å². The van der Waals surface area contributed by atoms with Crippen LogP contribution in [0.4, 0.5) is 4.39 Å². The van der Waals surface area contributed by atoms with Crippen molar-refractivity contribution in [1.29, 1.82) is 0 Å². The summed E-state index contributed by atoms with van der Waals surface area (Å²) in [6.45, 7) is 0. The highest BCUT2D eigenvalue weighted by molar-refractivity contribution is 14.1. The molecule has 0 saturated heterocycles. The van der Waals surface area contributed by atoms with Crippen LogP contribution in [0.3, 0.4) is 0 Å². The maximum absolute atomic E-state index is 13.4. The van der Waals surface area contributed by atoms with Crippen molar-refractivity contribution in [3.8, 4) is 5.75 Å². The molecule has 0 N–H and O–H groups in total. The number of ether oxygens (including phenoxy) is 1. The topological polar surface area (TPSA) is 22.4 Å². The smallest absolute Gasteiger partial charge is 0.187 e. The Hall–Kier alpha value is -0.490. The average Bonchev–Trinajstić information content (AvgIpc) is 2.52. The van der Waals surface area contributed by atoms with Crippen LogP contribution in [-0.4, -0.2) is 7.11 Å². The molecule has 0 bridgehead atoms. The normalized spacial score (nSPS) is 10.9. The summed E-state index contributed by atoms with van der Waals surface area (Å²) in [4.78, 5) is 0. The van der Waals surface area contributed by atoms with Crippen LogP contribution in [0.2, 0.25) is 5.02 Å². The molecule has 2 rings (SSSR count). The van der Waals surface area contributed by atoms with Crippen LogP contribution in [-0.2, 0) is 0 Å². The van der Waals surface area contributed by atoms with Gasteiger partial charge in [-0.15, -0.1) is 0 Å². The van der Waals surface area contributed by atoms with Gasteiger partial charge in [0.1, 0.15) is 5.02 Å². The van der Waals surface area contributed by atoms with Crippen LogP contribution >= 0.6 is 34.2 Å². The van der Waals surface area contributed by atoms with Crippen molar-refractivity contribution < 1.29 is 13.5 Å². The maximum Gasteiger partial charge on any atom is 0.187 e. The van der Waals surface area contributed by atoms with Crippen molar-refractivity contribution in [2.75, 3.05) is 7.11 Å². The quantitative estimate of drug-likeness (QED) is 0.743. The molecule has 14 heavy (non-hydrogen) atoms. The van der Waals surface area contributed by atoms with E-state index in [-0.39, 0.29) is 10.8 Å². The summed E-state index contributed by atoms with van der Waals surface area (Å²) in [7, 11) is 1.39. The Bertz CT molecular complexity index is 495. The van der Waals surface area contributed by atoms with Crippen LogP contribution < -0.4 is 4.74 Å². The molecule has 1 heterocycles. The summed E-state index contributed by atoms with van der Waals surface area (Å²) in [6.07, 6.45) is 0. The summed E-state index contributed by atoms with van der Waals surface area (Å²) in [5.74, 6) is -0.466. The second kappa shape index (κ2) is 3.58. The van der Waals surface area contributed by atoms with Crippen LogP contribution in [0.25, 0.3) is 11.0 Å². The van der Waals surface area contributed by atoms with E-state index in [4.69, 9.17) is 20.8 Å². The third kappa shape index (κ3) is 1.46. The molecule has 0 spiro atoms. The first-order chi connectivity index (χ1) is 6.63. The molecule has 0 unspecified atom stereocenters. The van der Waals surface area contributed by atoms with Crippen LogP contribution in [0.15, 0.2) is 16.5 Å². The number of fused-ring (bicyclic) bond motifs is 1. The fourth-order valence-corrected chi connectivity index (χ4v) is 2.01.